The molecule has 0 spiro atoms. The Labute approximate surface area is 245 Å². The predicted octanol–water partition coefficient (Wildman–Crippen LogP) is 5.45. The molecule has 0 aliphatic rings. The quantitative estimate of drug-likeness (QED) is 0.296. The van der Waals surface area contributed by atoms with Gasteiger partial charge >= 0.3 is 0 Å². The van der Waals surface area contributed by atoms with E-state index in [0.717, 1.165) is 21.9 Å². The van der Waals surface area contributed by atoms with Crippen molar-refractivity contribution >= 4 is 50.7 Å². The van der Waals surface area contributed by atoms with E-state index in [9.17, 15) is 18.0 Å². The zero-order valence-electron chi connectivity index (χ0n) is 22.9. The van der Waals surface area contributed by atoms with Crippen LogP contribution in [0.4, 0.5) is 5.69 Å². The summed E-state index contributed by atoms with van der Waals surface area (Å²) < 4.78 is 34.4. The minimum Gasteiger partial charge on any atom is -0.495 e. The number of hydrogen-bond donors (Lipinski definition) is 1. The van der Waals surface area contributed by atoms with Crippen LogP contribution in [0.5, 0.6) is 5.75 Å². The van der Waals surface area contributed by atoms with Crippen LogP contribution in [0, 0.1) is 6.92 Å². The molecule has 3 rings (SSSR count). The van der Waals surface area contributed by atoms with E-state index in [1.165, 1.54) is 36.3 Å². The number of benzene rings is 3. The van der Waals surface area contributed by atoms with Gasteiger partial charge in [-0.2, -0.15) is 0 Å². The Morgan fingerprint density at radius 3 is 2.20 bits per heavy atom. The first-order valence-corrected chi connectivity index (χ1v) is 14.9. The molecule has 1 atom stereocenters. The van der Waals surface area contributed by atoms with Crippen molar-refractivity contribution < 1.29 is 22.7 Å². The van der Waals surface area contributed by atoms with Gasteiger partial charge in [-0.1, -0.05) is 60.0 Å². The minimum atomic E-state index is -4.26. The second kappa shape index (κ2) is 13.9. The molecule has 3 aromatic carbocycles. The summed E-state index contributed by atoms with van der Waals surface area (Å²) in [6.45, 7) is 5.27. The third-order valence-corrected chi connectivity index (χ3v) is 8.54. The van der Waals surface area contributed by atoms with Gasteiger partial charge in [-0.25, -0.2) is 8.42 Å². The molecule has 1 N–H and O–H groups in total. The Kier molecular flexibility index (Phi) is 10.8. The highest BCUT2D eigenvalue weighted by Gasteiger charge is 2.34. The fraction of sp³-hybridized carbons (Fsp3) is 0.310. The Hall–Kier alpha value is -3.27. The summed E-state index contributed by atoms with van der Waals surface area (Å²) in [5, 5.41) is 3.60. The number of amides is 2. The first-order valence-electron chi connectivity index (χ1n) is 12.7. The van der Waals surface area contributed by atoms with Crippen LogP contribution < -0.4 is 14.4 Å². The lowest BCUT2D eigenvalue weighted by molar-refractivity contribution is -0.139. The second-order valence-electron chi connectivity index (χ2n) is 9.26. The highest BCUT2D eigenvalue weighted by Crippen LogP contribution is 2.35. The molecule has 0 aliphatic heterocycles. The van der Waals surface area contributed by atoms with Gasteiger partial charge in [0.2, 0.25) is 11.8 Å². The first-order chi connectivity index (χ1) is 19.0. The molecule has 0 heterocycles. The third-order valence-electron chi connectivity index (χ3n) is 6.28. The van der Waals surface area contributed by atoms with Gasteiger partial charge in [0.25, 0.3) is 10.0 Å². The summed E-state index contributed by atoms with van der Waals surface area (Å²) in [7, 11) is -2.86. The normalized spacial score (nSPS) is 11.9. The van der Waals surface area contributed by atoms with Gasteiger partial charge in [-0.15, -0.1) is 0 Å². The van der Waals surface area contributed by atoms with Crippen molar-refractivity contribution in [3.63, 3.8) is 0 Å². The van der Waals surface area contributed by atoms with Crippen LogP contribution in [0.15, 0.2) is 71.6 Å². The second-order valence-corrected chi connectivity index (χ2v) is 12.0. The molecular formula is C29H33Cl2N3O5S. The lowest BCUT2D eigenvalue weighted by Crippen LogP contribution is -2.51. The van der Waals surface area contributed by atoms with Crippen molar-refractivity contribution in [2.24, 2.45) is 0 Å². The topological polar surface area (TPSA) is 96.0 Å². The van der Waals surface area contributed by atoms with Gasteiger partial charge in [0.15, 0.2) is 0 Å². The van der Waals surface area contributed by atoms with Gasteiger partial charge in [-0.05, 0) is 68.3 Å². The van der Waals surface area contributed by atoms with Crippen LogP contribution in [0.1, 0.15) is 31.4 Å². The number of sulfonamides is 1. The van der Waals surface area contributed by atoms with Crippen molar-refractivity contribution in [2.75, 3.05) is 24.5 Å². The van der Waals surface area contributed by atoms with Crippen molar-refractivity contribution in [1.82, 2.24) is 10.2 Å². The van der Waals surface area contributed by atoms with E-state index in [0.29, 0.717) is 11.6 Å². The fourth-order valence-corrected chi connectivity index (χ4v) is 5.68. The average molecular weight is 607 g/mol. The number of nitrogens with one attached hydrogen (secondary N) is 1. The molecule has 0 aromatic heterocycles. The van der Waals surface area contributed by atoms with Gasteiger partial charge in [0.1, 0.15) is 18.3 Å². The third kappa shape index (κ3) is 7.68. The summed E-state index contributed by atoms with van der Waals surface area (Å²) in [6.07, 6.45) is 0.723. The van der Waals surface area contributed by atoms with Crippen LogP contribution >= 0.6 is 23.2 Å². The van der Waals surface area contributed by atoms with Gasteiger partial charge in [-0.3, -0.25) is 13.9 Å². The Morgan fingerprint density at radius 2 is 1.60 bits per heavy atom. The maximum Gasteiger partial charge on any atom is 0.264 e. The number of halogens is 2. The van der Waals surface area contributed by atoms with Gasteiger partial charge in [0.05, 0.1) is 17.7 Å². The zero-order chi connectivity index (χ0) is 29.4. The zero-order valence-corrected chi connectivity index (χ0v) is 25.2. The summed E-state index contributed by atoms with van der Waals surface area (Å²) in [4.78, 5) is 28.3. The molecule has 0 fully saturated rings. The standard InChI is InChI=1S/C29H33Cl2N3O5S/c1-5-16-32-29(36)21(3)33(18-22-8-10-23(30)11-9-22)28(35)19-34(26-17-24(31)12-15-27(26)39-4)40(37,38)25-13-6-20(2)7-14-25/h6-15,17,21H,5,16,18-19H2,1-4H3,(H,32,36)/t21-/m1/s1. The van der Waals surface area contributed by atoms with E-state index in [2.05, 4.69) is 5.32 Å². The van der Waals surface area contributed by atoms with Gasteiger partial charge in [0, 0.05) is 23.1 Å². The van der Waals surface area contributed by atoms with Crippen LogP contribution in [0.3, 0.4) is 0 Å². The molecular weight excluding hydrogens is 573 g/mol. The number of anilines is 1. The van der Waals surface area contributed by atoms with E-state index >= 15 is 0 Å². The van der Waals surface area contributed by atoms with Crippen LogP contribution in [-0.2, 0) is 26.2 Å². The lowest BCUT2D eigenvalue weighted by atomic mass is 10.1. The first kappa shape index (κ1) is 31.3. The summed E-state index contributed by atoms with van der Waals surface area (Å²) in [5.41, 5.74) is 1.70. The highest BCUT2D eigenvalue weighted by molar-refractivity contribution is 7.92. The van der Waals surface area contributed by atoms with E-state index in [1.807, 2.05) is 13.8 Å². The molecule has 0 saturated carbocycles. The molecule has 2 amide bonds. The fourth-order valence-electron chi connectivity index (χ4n) is 3.97. The maximum absolute atomic E-state index is 14.0. The Balaban J connectivity index is 2.08. The van der Waals surface area contributed by atoms with Crippen molar-refractivity contribution in [3.8, 4) is 5.75 Å². The maximum atomic E-state index is 14.0. The lowest BCUT2D eigenvalue weighted by Gasteiger charge is -2.32. The number of carbonyl (C=O) groups is 2. The van der Waals surface area contributed by atoms with E-state index in [-0.39, 0.29) is 33.8 Å². The molecule has 214 valence electrons. The van der Waals surface area contributed by atoms with E-state index in [4.69, 9.17) is 27.9 Å². The van der Waals surface area contributed by atoms with E-state index in [1.54, 1.807) is 49.4 Å². The summed E-state index contributed by atoms with van der Waals surface area (Å²) in [6, 6.07) is 16.8. The van der Waals surface area contributed by atoms with Crippen LogP contribution in [-0.4, -0.2) is 51.4 Å². The number of methoxy groups -OCH3 is 1. The highest BCUT2D eigenvalue weighted by atomic mass is 35.5. The molecule has 3 aromatic rings. The molecule has 0 radical (unpaired) electrons. The average Bonchev–Trinajstić information content (AvgIpc) is 2.93. The van der Waals surface area contributed by atoms with E-state index < -0.39 is 28.5 Å². The smallest absolute Gasteiger partial charge is 0.264 e. The Morgan fingerprint density at radius 1 is 0.975 bits per heavy atom. The number of rotatable bonds is 12. The number of hydrogen-bond acceptors (Lipinski definition) is 5. The molecule has 40 heavy (non-hydrogen) atoms. The predicted molar refractivity (Wildman–Crippen MR) is 158 cm³/mol. The molecule has 0 aliphatic carbocycles. The monoisotopic (exact) mass is 605 g/mol. The Bertz CT molecular complexity index is 1430. The number of aryl methyl sites for hydroxylation is 1. The van der Waals surface area contributed by atoms with Gasteiger partial charge < -0.3 is 15.0 Å². The van der Waals surface area contributed by atoms with Crippen molar-refractivity contribution in [3.05, 3.63) is 87.9 Å². The number of nitrogens with zero attached hydrogens (tertiary/aromatic N) is 2. The van der Waals surface area contributed by atoms with Crippen LogP contribution in [0.2, 0.25) is 10.0 Å². The summed E-state index contributed by atoms with van der Waals surface area (Å²) >= 11 is 12.3. The minimum absolute atomic E-state index is 0.00841. The molecule has 8 nitrogen and oxygen atoms in total. The van der Waals surface area contributed by atoms with Crippen LogP contribution in [0.25, 0.3) is 0 Å². The SMILES string of the molecule is CCCNC(=O)[C@@H](C)N(Cc1ccc(Cl)cc1)C(=O)CN(c1cc(Cl)ccc1OC)S(=O)(=O)c1ccc(C)cc1. The molecule has 0 saturated heterocycles. The molecule has 11 heteroatoms. The molecule has 0 unspecified atom stereocenters. The largest absolute Gasteiger partial charge is 0.495 e. The number of carbonyl (C=O) groups excluding carboxylic acids is 2. The van der Waals surface area contributed by atoms with Crippen molar-refractivity contribution in [2.45, 2.75) is 44.7 Å². The number of ether oxygens (including phenoxy) is 1. The molecule has 0 bridgehead atoms. The summed E-state index contributed by atoms with van der Waals surface area (Å²) in [5.74, 6) is -0.727. The van der Waals surface area contributed by atoms with Crippen molar-refractivity contribution in [1.29, 1.82) is 0 Å².